The topological polar surface area (TPSA) is 116 Å². The highest BCUT2D eigenvalue weighted by atomic mass is 35.5. The Hall–Kier alpha value is -2.18. The number of benzene rings is 2. The van der Waals surface area contributed by atoms with Crippen LogP contribution in [0.2, 0.25) is 10.0 Å². The van der Waals surface area contributed by atoms with E-state index in [9.17, 15) is 0 Å². The van der Waals surface area contributed by atoms with E-state index < -0.39 is 0 Å². The Bertz CT molecular complexity index is 888. The lowest BCUT2D eigenvalue weighted by Gasteiger charge is -2.00. The summed E-state index contributed by atoms with van der Waals surface area (Å²) in [7, 11) is 0. The minimum absolute atomic E-state index is 0. The van der Waals surface area contributed by atoms with Crippen molar-refractivity contribution in [3.05, 3.63) is 69.7 Å². The molecule has 0 aliphatic rings. The number of hydrogen-bond donors (Lipinski definition) is 4. The minimum atomic E-state index is 0. The van der Waals surface area contributed by atoms with Gasteiger partial charge >= 0.3 is 0 Å². The molecule has 8 N–H and O–H groups in total. The lowest BCUT2D eigenvalue weighted by atomic mass is 10.1. The van der Waals surface area contributed by atoms with Crippen molar-refractivity contribution >= 4 is 34.9 Å². The lowest BCUT2D eigenvalue weighted by molar-refractivity contribution is -0.115. The molecule has 0 spiro atoms. The first-order valence-corrected chi connectivity index (χ1v) is 8.09. The Kier molecular flexibility index (Phi) is 7.75. The molecule has 27 heavy (non-hydrogen) atoms. The number of halogens is 4. The summed E-state index contributed by atoms with van der Waals surface area (Å²) in [5.41, 5.74) is 14.1. The highest BCUT2D eigenvalue weighted by Crippen LogP contribution is 2.43. The van der Waals surface area contributed by atoms with Crippen LogP contribution in [-0.2, 0) is 0 Å². The molecule has 142 valence electrons. The van der Waals surface area contributed by atoms with Gasteiger partial charge in [0.15, 0.2) is 11.5 Å². The van der Waals surface area contributed by atoms with Gasteiger partial charge in [-0.2, -0.15) is 0 Å². The second-order valence-electron chi connectivity index (χ2n) is 5.45. The Morgan fingerprint density at radius 3 is 1.22 bits per heavy atom. The summed E-state index contributed by atoms with van der Waals surface area (Å²) in [4.78, 5) is 0. The average molecular weight is 446 g/mol. The summed E-state index contributed by atoms with van der Waals surface area (Å²) in [6, 6.07) is 14.4. The van der Waals surface area contributed by atoms with Crippen LogP contribution in [0, 0.1) is 0 Å². The van der Waals surface area contributed by atoms with Gasteiger partial charge in [-0.3, -0.25) is 22.3 Å². The van der Waals surface area contributed by atoms with Crippen LogP contribution in [0.25, 0.3) is 22.6 Å². The summed E-state index contributed by atoms with van der Waals surface area (Å²) >= 11 is 12.7. The summed E-state index contributed by atoms with van der Waals surface area (Å²) in [5.74, 6) is 1.43. The van der Waals surface area contributed by atoms with Gasteiger partial charge in [0, 0.05) is 11.1 Å². The fourth-order valence-corrected chi connectivity index (χ4v) is 2.86. The van der Waals surface area contributed by atoms with Gasteiger partial charge in [0.2, 0.25) is 0 Å². The molecule has 0 amide bonds. The third kappa shape index (κ3) is 4.57. The van der Waals surface area contributed by atoms with Crippen molar-refractivity contribution in [2.45, 2.75) is 0 Å². The zero-order valence-corrected chi connectivity index (χ0v) is 16.9. The Balaban J connectivity index is 0.00000182. The maximum absolute atomic E-state index is 6.36. The van der Waals surface area contributed by atoms with E-state index in [-0.39, 0.29) is 36.5 Å². The molecule has 2 aromatic carbocycles. The Labute approximate surface area is 178 Å². The molecule has 0 aliphatic heterocycles. The molecule has 0 atom stereocenters. The second kappa shape index (κ2) is 9.15. The zero-order valence-electron chi connectivity index (χ0n) is 13.8. The van der Waals surface area contributed by atoms with E-state index in [2.05, 4.69) is 0 Å². The van der Waals surface area contributed by atoms with Gasteiger partial charge in [-0.1, -0.05) is 47.5 Å². The predicted octanol–water partition coefficient (Wildman–Crippen LogP) is -5.14. The number of nitrogens with two attached hydrogens (primary N) is 4. The molecule has 1 heterocycles. The summed E-state index contributed by atoms with van der Waals surface area (Å²) in [5, 5.41) is 11.8. The van der Waals surface area contributed by atoms with E-state index in [0.717, 1.165) is 22.3 Å². The van der Waals surface area contributed by atoms with E-state index in [4.69, 9.17) is 49.9 Å². The monoisotopic (exact) mass is 444 g/mol. The van der Waals surface area contributed by atoms with Gasteiger partial charge in [-0.15, -0.1) is 0 Å². The zero-order chi connectivity index (χ0) is 18.1. The smallest absolute Gasteiger partial charge is 0.270 e. The first kappa shape index (κ1) is 22.9. The summed E-state index contributed by atoms with van der Waals surface area (Å²) < 4.78 is 5.92. The largest absolute Gasteiger partial charge is 1.00 e. The second-order valence-corrected chi connectivity index (χ2v) is 6.21. The number of furan rings is 1. The molecule has 1 aromatic heterocycles. The fourth-order valence-electron chi connectivity index (χ4n) is 2.39. The van der Waals surface area contributed by atoms with Gasteiger partial charge in [0.05, 0.1) is 11.1 Å². The van der Waals surface area contributed by atoms with Gasteiger partial charge in [-0.25, -0.2) is 0 Å². The molecular formula is C18H16Cl4N4O. The average Bonchev–Trinajstić information content (AvgIpc) is 2.90. The van der Waals surface area contributed by atoms with Crippen molar-refractivity contribution in [3.8, 4) is 22.6 Å². The van der Waals surface area contributed by atoms with E-state index in [1.165, 1.54) is 0 Å². The molecular weight excluding hydrogens is 430 g/mol. The van der Waals surface area contributed by atoms with Crippen LogP contribution in [-0.4, -0.2) is 11.7 Å². The molecule has 0 saturated carbocycles. The Morgan fingerprint density at radius 1 is 0.667 bits per heavy atom. The maximum Gasteiger partial charge on any atom is 0.270 e. The van der Waals surface area contributed by atoms with Crippen molar-refractivity contribution in [1.82, 2.24) is 0 Å². The standard InChI is InChI=1S/C18H14Cl2N4O.2ClH/c19-13-14(20)16(10-3-7-12(8-4-10)18(23)24)25-15(13)9-1-5-11(6-2-9)17(21)22;;/h1-8H,(H3,21,22)(H3,23,24);2*1H. The number of rotatable bonds is 4. The van der Waals surface area contributed by atoms with Crippen LogP contribution >= 0.6 is 23.2 Å². The molecule has 0 bridgehead atoms. The van der Waals surface area contributed by atoms with Crippen LogP contribution in [0.5, 0.6) is 0 Å². The first-order chi connectivity index (χ1) is 11.9. The molecule has 5 nitrogen and oxygen atoms in total. The Morgan fingerprint density at radius 2 is 0.963 bits per heavy atom. The third-order valence-electron chi connectivity index (χ3n) is 3.76. The quantitative estimate of drug-likeness (QED) is 0.237. The molecule has 0 fully saturated rings. The van der Waals surface area contributed by atoms with Crippen LogP contribution in [0.3, 0.4) is 0 Å². The van der Waals surface area contributed by atoms with Crippen LogP contribution in [0.4, 0.5) is 0 Å². The molecule has 0 saturated heterocycles. The van der Waals surface area contributed by atoms with Crippen LogP contribution < -0.4 is 47.1 Å². The highest BCUT2D eigenvalue weighted by Gasteiger charge is 2.20. The van der Waals surface area contributed by atoms with Crippen molar-refractivity contribution in [2.24, 2.45) is 11.5 Å². The van der Waals surface area contributed by atoms with E-state index in [1.807, 2.05) is 24.3 Å². The highest BCUT2D eigenvalue weighted by molar-refractivity contribution is 6.45. The molecule has 0 aliphatic carbocycles. The van der Waals surface area contributed by atoms with E-state index >= 15 is 0 Å². The molecule has 3 aromatic rings. The molecule has 3 rings (SSSR count). The fraction of sp³-hybridized carbons (Fsp3) is 0. The van der Waals surface area contributed by atoms with Crippen molar-refractivity contribution in [1.29, 1.82) is 0 Å². The molecule has 0 unspecified atom stereocenters. The number of hydrogen-bond acceptors (Lipinski definition) is 1. The summed E-state index contributed by atoms with van der Waals surface area (Å²) in [6.07, 6.45) is 0. The SMILES string of the molecule is NC(=[NH2+])c1ccc(-c2oc(-c3ccc(C(N)=[NH2+])cc3)c(Cl)c2Cl)cc1.[Cl-].[Cl-]. The van der Waals surface area contributed by atoms with Gasteiger partial charge < -0.3 is 29.2 Å². The van der Waals surface area contributed by atoms with Gasteiger partial charge in [-0.05, 0) is 24.3 Å². The van der Waals surface area contributed by atoms with Gasteiger partial charge in [0.1, 0.15) is 10.0 Å². The van der Waals surface area contributed by atoms with Crippen molar-refractivity contribution < 1.29 is 40.0 Å². The third-order valence-corrected chi connectivity index (χ3v) is 4.57. The van der Waals surface area contributed by atoms with E-state index in [1.54, 1.807) is 24.3 Å². The minimum Gasteiger partial charge on any atom is -1.00 e. The normalized spacial score (nSPS) is 9.85. The van der Waals surface area contributed by atoms with Crippen LogP contribution in [0.15, 0.2) is 52.9 Å². The predicted molar refractivity (Wildman–Crippen MR) is 100 cm³/mol. The van der Waals surface area contributed by atoms with Crippen molar-refractivity contribution in [2.75, 3.05) is 0 Å². The van der Waals surface area contributed by atoms with Gasteiger partial charge in [0.25, 0.3) is 11.7 Å². The first-order valence-electron chi connectivity index (χ1n) is 7.33. The maximum atomic E-state index is 6.36. The van der Waals surface area contributed by atoms with Crippen LogP contribution in [0.1, 0.15) is 11.1 Å². The van der Waals surface area contributed by atoms with Crippen molar-refractivity contribution in [3.63, 3.8) is 0 Å². The van der Waals surface area contributed by atoms with E-state index in [0.29, 0.717) is 21.6 Å². The number of amidine groups is 2. The molecule has 9 heteroatoms. The lowest BCUT2D eigenvalue weighted by Crippen LogP contribution is -3.00. The molecule has 0 radical (unpaired) electrons. The summed E-state index contributed by atoms with van der Waals surface area (Å²) in [6.45, 7) is 0.